The van der Waals surface area contributed by atoms with Crippen LogP contribution in [0.25, 0.3) is 0 Å². The molecule has 0 aromatic heterocycles. The minimum Gasteiger partial charge on any atom is -0.328 e. The summed E-state index contributed by atoms with van der Waals surface area (Å²) in [6, 6.07) is 1.20. The van der Waals surface area contributed by atoms with Crippen molar-refractivity contribution in [2.45, 2.75) is 58.0 Å². The van der Waals surface area contributed by atoms with Crippen LogP contribution in [0.2, 0.25) is 0 Å². The van der Waals surface area contributed by atoms with Gasteiger partial charge < -0.3 is 11.1 Å². The molecule has 13 heavy (non-hydrogen) atoms. The van der Waals surface area contributed by atoms with E-state index in [1.807, 2.05) is 0 Å². The molecule has 2 nitrogen and oxygen atoms in total. The molecule has 1 aliphatic carbocycles. The summed E-state index contributed by atoms with van der Waals surface area (Å²) < 4.78 is 0. The number of nitrogens with two attached hydrogens (primary N) is 1. The van der Waals surface area contributed by atoms with Crippen LogP contribution < -0.4 is 11.1 Å². The van der Waals surface area contributed by atoms with Crippen molar-refractivity contribution in [3.05, 3.63) is 0 Å². The topological polar surface area (TPSA) is 38.0 Å². The summed E-state index contributed by atoms with van der Waals surface area (Å²) in [6.07, 6.45) is 6.28. The standard InChI is InChI=1S/C11H24N2/c1-3-11(4-2)13-8-9-5-6-10(12)7-9/h9-11,13H,3-8,12H2,1-2H3/t9-,10+/m1/s1. The molecular weight excluding hydrogens is 160 g/mol. The van der Waals surface area contributed by atoms with Crippen LogP contribution in [0, 0.1) is 5.92 Å². The van der Waals surface area contributed by atoms with E-state index in [-0.39, 0.29) is 0 Å². The highest BCUT2D eigenvalue weighted by atomic mass is 14.9. The first-order valence-corrected chi connectivity index (χ1v) is 5.75. The lowest BCUT2D eigenvalue weighted by Gasteiger charge is -2.17. The van der Waals surface area contributed by atoms with E-state index >= 15 is 0 Å². The lowest BCUT2D eigenvalue weighted by Crippen LogP contribution is -2.32. The van der Waals surface area contributed by atoms with Crippen molar-refractivity contribution in [2.75, 3.05) is 6.54 Å². The summed E-state index contributed by atoms with van der Waals surface area (Å²) in [5, 5.41) is 3.63. The Morgan fingerprint density at radius 3 is 2.46 bits per heavy atom. The third kappa shape index (κ3) is 3.65. The van der Waals surface area contributed by atoms with Crippen LogP contribution in [0.1, 0.15) is 46.0 Å². The Labute approximate surface area is 82.3 Å². The van der Waals surface area contributed by atoms with Gasteiger partial charge in [-0.2, -0.15) is 0 Å². The largest absolute Gasteiger partial charge is 0.328 e. The van der Waals surface area contributed by atoms with Gasteiger partial charge in [-0.3, -0.25) is 0 Å². The van der Waals surface area contributed by atoms with Gasteiger partial charge in [0.05, 0.1) is 0 Å². The molecule has 1 aliphatic rings. The molecule has 78 valence electrons. The van der Waals surface area contributed by atoms with Crippen molar-refractivity contribution in [2.24, 2.45) is 11.7 Å². The van der Waals surface area contributed by atoms with Crippen molar-refractivity contribution in [3.8, 4) is 0 Å². The van der Waals surface area contributed by atoms with E-state index in [0.717, 1.165) is 12.0 Å². The number of hydrogen-bond donors (Lipinski definition) is 2. The van der Waals surface area contributed by atoms with Crippen LogP contribution in [-0.4, -0.2) is 18.6 Å². The first-order chi connectivity index (χ1) is 6.26. The van der Waals surface area contributed by atoms with E-state index in [9.17, 15) is 0 Å². The molecule has 0 unspecified atom stereocenters. The minimum absolute atomic E-state index is 0.480. The molecule has 1 fully saturated rings. The van der Waals surface area contributed by atoms with E-state index in [1.165, 1.54) is 38.6 Å². The van der Waals surface area contributed by atoms with Gasteiger partial charge in [-0.25, -0.2) is 0 Å². The van der Waals surface area contributed by atoms with Crippen LogP contribution in [0.4, 0.5) is 0 Å². The monoisotopic (exact) mass is 184 g/mol. The quantitative estimate of drug-likeness (QED) is 0.685. The van der Waals surface area contributed by atoms with Gasteiger partial charge in [0.25, 0.3) is 0 Å². The van der Waals surface area contributed by atoms with Crippen molar-refractivity contribution in [1.29, 1.82) is 0 Å². The van der Waals surface area contributed by atoms with Gasteiger partial charge in [0.1, 0.15) is 0 Å². The Morgan fingerprint density at radius 2 is 2.00 bits per heavy atom. The van der Waals surface area contributed by atoms with Crippen LogP contribution in [0.5, 0.6) is 0 Å². The second-order valence-electron chi connectivity index (χ2n) is 4.36. The van der Waals surface area contributed by atoms with Gasteiger partial charge in [0, 0.05) is 12.1 Å². The zero-order valence-electron chi connectivity index (χ0n) is 9.05. The van der Waals surface area contributed by atoms with Crippen molar-refractivity contribution < 1.29 is 0 Å². The lowest BCUT2D eigenvalue weighted by atomic mass is 10.1. The minimum atomic E-state index is 0.480. The highest BCUT2D eigenvalue weighted by molar-refractivity contribution is 4.80. The van der Waals surface area contributed by atoms with E-state index < -0.39 is 0 Å². The molecule has 0 aliphatic heterocycles. The molecule has 0 heterocycles. The number of nitrogens with one attached hydrogen (secondary N) is 1. The summed E-state index contributed by atoms with van der Waals surface area (Å²) in [5.74, 6) is 0.843. The van der Waals surface area contributed by atoms with E-state index in [0.29, 0.717) is 6.04 Å². The van der Waals surface area contributed by atoms with Gasteiger partial charge in [-0.15, -0.1) is 0 Å². The average Bonchev–Trinajstić information content (AvgIpc) is 2.53. The van der Waals surface area contributed by atoms with Crippen LogP contribution in [-0.2, 0) is 0 Å². The summed E-state index contributed by atoms with van der Waals surface area (Å²) in [4.78, 5) is 0. The Balaban J connectivity index is 2.11. The van der Waals surface area contributed by atoms with Gasteiger partial charge in [-0.1, -0.05) is 13.8 Å². The molecule has 3 N–H and O–H groups in total. The second kappa shape index (κ2) is 5.61. The third-order valence-electron chi connectivity index (χ3n) is 3.26. The normalized spacial score (nSPS) is 28.6. The fraction of sp³-hybridized carbons (Fsp3) is 1.00. The Morgan fingerprint density at radius 1 is 1.31 bits per heavy atom. The van der Waals surface area contributed by atoms with Crippen molar-refractivity contribution in [3.63, 3.8) is 0 Å². The molecule has 2 atom stereocenters. The van der Waals surface area contributed by atoms with Gasteiger partial charge >= 0.3 is 0 Å². The highest BCUT2D eigenvalue weighted by Crippen LogP contribution is 2.23. The molecule has 1 saturated carbocycles. The number of hydrogen-bond acceptors (Lipinski definition) is 2. The summed E-state index contributed by atoms with van der Waals surface area (Å²) >= 11 is 0. The zero-order valence-corrected chi connectivity index (χ0v) is 9.05. The summed E-state index contributed by atoms with van der Waals surface area (Å²) in [6.45, 7) is 5.68. The van der Waals surface area contributed by atoms with E-state index in [2.05, 4.69) is 19.2 Å². The van der Waals surface area contributed by atoms with Crippen LogP contribution >= 0.6 is 0 Å². The number of rotatable bonds is 5. The van der Waals surface area contributed by atoms with Crippen LogP contribution in [0.15, 0.2) is 0 Å². The molecular formula is C11H24N2. The molecule has 0 spiro atoms. The van der Waals surface area contributed by atoms with Gasteiger partial charge in [0.15, 0.2) is 0 Å². The SMILES string of the molecule is CCC(CC)NC[C@@H]1CC[C@H](N)C1. The Bertz CT molecular complexity index is 132. The fourth-order valence-corrected chi connectivity index (χ4v) is 2.21. The van der Waals surface area contributed by atoms with Crippen molar-refractivity contribution in [1.82, 2.24) is 5.32 Å². The third-order valence-corrected chi connectivity index (χ3v) is 3.26. The predicted molar refractivity (Wildman–Crippen MR) is 57.7 cm³/mol. The molecule has 0 saturated heterocycles. The molecule has 0 radical (unpaired) electrons. The van der Waals surface area contributed by atoms with Gasteiger partial charge in [0.2, 0.25) is 0 Å². The smallest absolute Gasteiger partial charge is 0.00619 e. The maximum absolute atomic E-state index is 5.87. The van der Waals surface area contributed by atoms with Gasteiger partial charge in [-0.05, 0) is 44.6 Å². The summed E-state index contributed by atoms with van der Waals surface area (Å²) in [7, 11) is 0. The highest BCUT2D eigenvalue weighted by Gasteiger charge is 2.21. The fourth-order valence-electron chi connectivity index (χ4n) is 2.21. The maximum atomic E-state index is 5.87. The van der Waals surface area contributed by atoms with Crippen LogP contribution in [0.3, 0.4) is 0 Å². The first kappa shape index (κ1) is 11.0. The summed E-state index contributed by atoms with van der Waals surface area (Å²) in [5.41, 5.74) is 5.87. The predicted octanol–water partition coefficient (Wildman–Crippen LogP) is 1.89. The first-order valence-electron chi connectivity index (χ1n) is 5.75. The molecule has 0 aromatic carbocycles. The molecule has 0 amide bonds. The Kier molecular flexibility index (Phi) is 4.74. The Hall–Kier alpha value is -0.0800. The lowest BCUT2D eigenvalue weighted by molar-refractivity contribution is 0.413. The van der Waals surface area contributed by atoms with E-state index in [4.69, 9.17) is 5.73 Å². The zero-order chi connectivity index (χ0) is 9.68. The molecule has 0 aromatic rings. The maximum Gasteiger partial charge on any atom is 0.00619 e. The van der Waals surface area contributed by atoms with Crippen molar-refractivity contribution >= 4 is 0 Å². The molecule has 1 rings (SSSR count). The average molecular weight is 184 g/mol. The second-order valence-corrected chi connectivity index (χ2v) is 4.36. The molecule has 2 heteroatoms. The molecule has 0 bridgehead atoms. The van der Waals surface area contributed by atoms with E-state index in [1.54, 1.807) is 0 Å².